The van der Waals surface area contributed by atoms with Crippen molar-refractivity contribution in [2.45, 2.75) is 95.2 Å². The highest BCUT2D eigenvalue weighted by Crippen LogP contribution is 2.42. The maximum atomic E-state index is 13.3. The first kappa shape index (κ1) is 22.9. The normalized spacial score (nSPS) is 27.8. The van der Waals surface area contributed by atoms with Gasteiger partial charge in [-0.2, -0.15) is 0 Å². The molecule has 0 aromatic heterocycles. The lowest BCUT2D eigenvalue weighted by Crippen LogP contribution is -2.28. The zero-order chi connectivity index (χ0) is 20.5. The van der Waals surface area contributed by atoms with Crippen molar-refractivity contribution < 1.29 is 13.2 Å². The summed E-state index contributed by atoms with van der Waals surface area (Å²) in [4.78, 5) is 0. The van der Waals surface area contributed by atoms with Crippen molar-refractivity contribution in [3.8, 4) is 0 Å². The van der Waals surface area contributed by atoms with Crippen molar-refractivity contribution in [3.63, 3.8) is 0 Å². The van der Waals surface area contributed by atoms with Crippen LogP contribution in [-0.4, -0.2) is 15.5 Å². The fraction of sp³-hybridized carbons (Fsp3) is 0.760. The van der Waals surface area contributed by atoms with Gasteiger partial charge in [0.2, 0.25) is 0 Å². The molecular weight excluding hydrogens is 385 g/mol. The van der Waals surface area contributed by atoms with E-state index in [1.807, 2.05) is 0 Å². The number of alkyl halides is 1. The minimum absolute atomic E-state index is 0.127. The molecule has 2 aliphatic rings. The van der Waals surface area contributed by atoms with Gasteiger partial charge in [0.15, 0.2) is 11.6 Å². The lowest BCUT2D eigenvalue weighted by atomic mass is 9.73. The number of benzene rings is 1. The molecule has 0 atom stereocenters. The highest BCUT2D eigenvalue weighted by Gasteiger charge is 2.30. The summed E-state index contributed by atoms with van der Waals surface area (Å²) < 4.78 is 38.5. The smallest absolute Gasteiger partial charge is 0.159 e. The maximum Gasteiger partial charge on any atom is 0.159 e. The zero-order valence-corrected chi connectivity index (χ0v) is 19.1. The van der Waals surface area contributed by atoms with E-state index in [-0.39, 0.29) is 6.67 Å². The molecule has 0 nitrogen and oxygen atoms in total. The van der Waals surface area contributed by atoms with Crippen LogP contribution in [0.1, 0.15) is 76.2 Å². The summed E-state index contributed by atoms with van der Waals surface area (Å²) in [6.45, 7) is -0.127. The van der Waals surface area contributed by atoms with E-state index in [4.69, 9.17) is 0 Å². The first-order chi connectivity index (χ1) is 14.2. The summed E-state index contributed by atoms with van der Waals surface area (Å²) in [7, 11) is -0.525. The molecule has 3 rings (SSSR count). The lowest BCUT2D eigenvalue weighted by Gasteiger charge is -2.37. The van der Waals surface area contributed by atoms with Crippen LogP contribution in [0.3, 0.4) is 0 Å². The number of hydrogen-bond acceptors (Lipinski definition) is 0. The molecule has 1 aromatic carbocycles. The van der Waals surface area contributed by atoms with Crippen molar-refractivity contribution in [2.24, 2.45) is 17.8 Å². The molecule has 2 fully saturated rings. The van der Waals surface area contributed by atoms with Crippen LogP contribution in [0, 0.1) is 29.4 Å². The Morgan fingerprint density at radius 2 is 1.52 bits per heavy atom. The molecule has 4 heteroatoms. The van der Waals surface area contributed by atoms with Crippen molar-refractivity contribution in [2.75, 3.05) is 6.67 Å². The third-order valence-electron chi connectivity index (χ3n) is 7.76. The average Bonchev–Trinajstić information content (AvgIpc) is 2.75. The first-order valence-electron chi connectivity index (χ1n) is 12.2. The maximum absolute atomic E-state index is 13.3. The van der Waals surface area contributed by atoms with Crippen molar-refractivity contribution in [3.05, 3.63) is 35.4 Å². The van der Waals surface area contributed by atoms with E-state index in [9.17, 15) is 13.2 Å². The second-order valence-electron chi connectivity index (χ2n) is 9.74. The summed E-state index contributed by atoms with van der Waals surface area (Å²) in [6.07, 6.45) is 14.9. The molecule has 0 spiro atoms. The van der Waals surface area contributed by atoms with Crippen LogP contribution in [0.2, 0.25) is 18.1 Å². The minimum Gasteiger partial charge on any atom is -0.251 e. The van der Waals surface area contributed by atoms with Crippen LogP contribution >= 0.6 is 0 Å². The van der Waals surface area contributed by atoms with Crippen molar-refractivity contribution in [1.29, 1.82) is 0 Å². The summed E-state index contributed by atoms with van der Waals surface area (Å²) >= 11 is 0. The average molecular weight is 425 g/mol. The van der Waals surface area contributed by atoms with E-state index in [0.29, 0.717) is 0 Å². The standard InChI is InChI=1S/C25H39F3Si/c26-15-3-4-16-29-17-13-23(14-18-29)22-10-7-20(8-11-22)5-1-2-6-21-9-12-24(27)25(28)19-21/h9,12,19-20,22-23,29H,1-8,10-11,13-18H2. The van der Waals surface area contributed by atoms with E-state index in [0.717, 1.165) is 49.0 Å². The predicted molar refractivity (Wildman–Crippen MR) is 119 cm³/mol. The number of aryl methyl sites for hydroxylation is 1. The Kier molecular flexibility index (Phi) is 9.61. The zero-order valence-electron chi connectivity index (χ0n) is 18.0. The van der Waals surface area contributed by atoms with Crippen LogP contribution in [-0.2, 0) is 6.42 Å². The van der Waals surface area contributed by atoms with Crippen LogP contribution in [0.15, 0.2) is 18.2 Å². The molecule has 29 heavy (non-hydrogen) atoms. The minimum atomic E-state index is -0.752. The summed E-state index contributed by atoms with van der Waals surface area (Å²) in [5.41, 5.74) is 0.913. The molecule has 1 aliphatic carbocycles. The van der Waals surface area contributed by atoms with E-state index < -0.39 is 20.4 Å². The summed E-state index contributed by atoms with van der Waals surface area (Å²) in [6, 6.07) is 8.71. The fourth-order valence-corrected chi connectivity index (χ4v) is 9.41. The molecule has 0 amide bonds. The molecule has 1 aromatic rings. The Hall–Kier alpha value is -0.773. The molecule has 1 saturated carbocycles. The second-order valence-corrected chi connectivity index (χ2v) is 13.2. The molecule has 1 saturated heterocycles. The van der Waals surface area contributed by atoms with Gasteiger partial charge in [-0.25, -0.2) is 8.78 Å². The number of rotatable bonds is 10. The van der Waals surface area contributed by atoms with Crippen LogP contribution in [0.25, 0.3) is 0 Å². The van der Waals surface area contributed by atoms with E-state index in [1.165, 1.54) is 81.6 Å². The van der Waals surface area contributed by atoms with Gasteiger partial charge in [-0.05, 0) is 67.6 Å². The largest absolute Gasteiger partial charge is 0.251 e. The Morgan fingerprint density at radius 3 is 2.21 bits per heavy atom. The van der Waals surface area contributed by atoms with Crippen LogP contribution in [0.5, 0.6) is 0 Å². The predicted octanol–water partition coefficient (Wildman–Crippen LogP) is 7.87. The van der Waals surface area contributed by atoms with Crippen LogP contribution in [0.4, 0.5) is 13.2 Å². The van der Waals surface area contributed by atoms with Gasteiger partial charge in [0, 0.05) is 8.80 Å². The Balaban J connectivity index is 1.26. The molecule has 1 aliphatic heterocycles. The van der Waals surface area contributed by atoms with E-state index in [2.05, 4.69) is 0 Å². The quantitative estimate of drug-likeness (QED) is 0.265. The van der Waals surface area contributed by atoms with Crippen molar-refractivity contribution in [1.82, 2.24) is 0 Å². The van der Waals surface area contributed by atoms with E-state index >= 15 is 0 Å². The fourth-order valence-electron chi connectivity index (χ4n) is 5.88. The molecule has 0 unspecified atom stereocenters. The molecule has 0 radical (unpaired) electrons. The highest BCUT2D eigenvalue weighted by atomic mass is 28.3. The van der Waals surface area contributed by atoms with Gasteiger partial charge in [0.05, 0.1) is 6.67 Å². The Morgan fingerprint density at radius 1 is 0.793 bits per heavy atom. The first-order valence-corrected chi connectivity index (χ1v) is 14.6. The molecule has 0 N–H and O–H groups in total. The van der Waals surface area contributed by atoms with Gasteiger partial charge < -0.3 is 0 Å². The molecular formula is C25H39F3Si. The van der Waals surface area contributed by atoms with Gasteiger partial charge in [0.25, 0.3) is 0 Å². The molecule has 164 valence electrons. The number of halogens is 3. The monoisotopic (exact) mass is 424 g/mol. The van der Waals surface area contributed by atoms with Gasteiger partial charge in [-0.1, -0.05) is 69.1 Å². The van der Waals surface area contributed by atoms with E-state index in [1.54, 1.807) is 6.07 Å². The topological polar surface area (TPSA) is 0 Å². The second kappa shape index (κ2) is 12.2. The van der Waals surface area contributed by atoms with Gasteiger partial charge >= 0.3 is 0 Å². The van der Waals surface area contributed by atoms with Gasteiger partial charge in [-0.15, -0.1) is 0 Å². The van der Waals surface area contributed by atoms with Gasteiger partial charge in [0.1, 0.15) is 0 Å². The van der Waals surface area contributed by atoms with Gasteiger partial charge in [-0.3, -0.25) is 4.39 Å². The Labute approximate surface area is 177 Å². The van der Waals surface area contributed by atoms with Crippen molar-refractivity contribution >= 4 is 8.80 Å². The Bertz CT molecular complexity index is 590. The van der Waals surface area contributed by atoms with Crippen LogP contribution < -0.4 is 0 Å². The SMILES string of the molecule is FCCCC[SiH]1CCC(C2CCC(CCCCc3ccc(F)c(F)c3)CC2)CC1. The number of hydrogen-bond donors (Lipinski definition) is 0. The third kappa shape index (κ3) is 7.45. The number of unbranched alkanes of at least 4 members (excludes halogenated alkanes) is 2. The highest BCUT2D eigenvalue weighted by molar-refractivity contribution is 6.58. The summed E-state index contributed by atoms with van der Waals surface area (Å²) in [5, 5.41) is 0. The lowest BCUT2D eigenvalue weighted by molar-refractivity contribution is 0.184. The molecule has 0 bridgehead atoms. The third-order valence-corrected chi connectivity index (χ3v) is 11.3. The molecule has 1 heterocycles. The summed E-state index contributed by atoms with van der Waals surface area (Å²) in [5.74, 6) is 1.35.